The number of hydrogen-bond acceptors (Lipinski definition) is 5. The number of rotatable bonds is 10. The molecule has 0 radical (unpaired) electrons. The van der Waals surface area contributed by atoms with Gasteiger partial charge in [0.1, 0.15) is 18.2 Å². The number of carbonyl (C=O) groups excluding carboxylic acids is 2. The molecule has 0 aliphatic rings. The van der Waals surface area contributed by atoms with E-state index in [1.807, 2.05) is 36.4 Å². The molecule has 0 aliphatic heterocycles. The van der Waals surface area contributed by atoms with Crippen molar-refractivity contribution in [2.75, 3.05) is 0 Å². The molecule has 0 aromatic heterocycles. The summed E-state index contributed by atoms with van der Waals surface area (Å²) in [5.41, 5.74) is 0.163. The smallest absolute Gasteiger partial charge is 0.326 e. The van der Waals surface area contributed by atoms with Gasteiger partial charge in [-0.3, -0.25) is 19.7 Å². The Morgan fingerprint density at radius 1 is 1.00 bits per heavy atom. The summed E-state index contributed by atoms with van der Waals surface area (Å²) in [7, 11) is 0. The first-order valence-corrected chi connectivity index (χ1v) is 9.09. The molecule has 2 rings (SSSR count). The number of hydrogen-bond donors (Lipinski definition) is 2. The molecule has 6 nitrogen and oxygen atoms in total. The van der Waals surface area contributed by atoms with Gasteiger partial charge < -0.3 is 9.84 Å². The number of carboxylic acids is 1. The topological polar surface area (TPSA) is 92.7 Å². The van der Waals surface area contributed by atoms with E-state index in [0.29, 0.717) is 5.56 Å². The van der Waals surface area contributed by atoms with Gasteiger partial charge in [-0.25, -0.2) is 0 Å². The van der Waals surface area contributed by atoms with Crippen molar-refractivity contribution in [3.8, 4) is 0 Å². The van der Waals surface area contributed by atoms with Crippen molar-refractivity contribution in [3.63, 3.8) is 0 Å². The van der Waals surface area contributed by atoms with Gasteiger partial charge in [0.05, 0.1) is 0 Å². The maximum atomic E-state index is 12.4. The summed E-state index contributed by atoms with van der Waals surface area (Å²) < 4.78 is 5.31. The van der Waals surface area contributed by atoms with E-state index in [9.17, 15) is 19.5 Å². The van der Waals surface area contributed by atoms with Gasteiger partial charge in [0.15, 0.2) is 5.78 Å². The summed E-state index contributed by atoms with van der Waals surface area (Å²) >= 11 is 0. The highest BCUT2D eigenvalue weighted by Gasteiger charge is 2.34. The van der Waals surface area contributed by atoms with Gasteiger partial charge in [-0.1, -0.05) is 60.7 Å². The summed E-state index contributed by atoms with van der Waals surface area (Å²) in [5, 5.41) is 12.3. The summed E-state index contributed by atoms with van der Waals surface area (Å²) in [5.74, 6) is -1.82. The molecular weight excluding hydrogens is 358 g/mol. The van der Waals surface area contributed by atoms with Crippen LogP contribution in [0, 0.1) is 0 Å². The molecule has 2 N–H and O–H groups in total. The van der Waals surface area contributed by atoms with Gasteiger partial charge >= 0.3 is 11.9 Å². The van der Waals surface area contributed by atoms with Crippen molar-refractivity contribution in [2.24, 2.45) is 0 Å². The Kier molecular flexibility index (Phi) is 7.46. The number of aliphatic carboxylic acids is 1. The summed E-state index contributed by atoms with van der Waals surface area (Å²) in [6, 6.07) is 16.9. The molecule has 0 saturated carbocycles. The normalized spacial score (nSPS) is 12.2. The Morgan fingerprint density at radius 3 is 2.14 bits per heavy atom. The third-order valence-corrected chi connectivity index (χ3v) is 4.31. The standard InChI is InChI=1S/C22H25NO5/c1-22(2,21(27)28-15-16-9-5-3-6-10-16)23-18(20(25)26)13-14-19(24)17-11-7-4-8-12-17/h3-12,18,23H,13-15H2,1-2H3,(H,25,26). The number of ketones is 1. The first-order chi connectivity index (χ1) is 13.3. The van der Waals surface area contributed by atoms with E-state index in [4.69, 9.17) is 4.74 Å². The molecule has 2 aromatic carbocycles. The number of esters is 1. The lowest BCUT2D eigenvalue weighted by atomic mass is 9.99. The van der Waals surface area contributed by atoms with Gasteiger partial charge in [0, 0.05) is 12.0 Å². The molecule has 28 heavy (non-hydrogen) atoms. The highest BCUT2D eigenvalue weighted by molar-refractivity contribution is 5.96. The molecule has 6 heteroatoms. The van der Waals surface area contributed by atoms with Gasteiger partial charge in [-0.15, -0.1) is 0 Å². The van der Waals surface area contributed by atoms with Crippen LogP contribution in [0.3, 0.4) is 0 Å². The molecule has 1 atom stereocenters. The zero-order valence-electron chi connectivity index (χ0n) is 16.1. The third kappa shape index (κ3) is 6.32. The van der Waals surface area contributed by atoms with Gasteiger partial charge in [-0.05, 0) is 25.8 Å². The lowest BCUT2D eigenvalue weighted by Gasteiger charge is -2.28. The van der Waals surface area contributed by atoms with E-state index in [2.05, 4.69) is 5.32 Å². The monoisotopic (exact) mass is 383 g/mol. The Balaban J connectivity index is 1.92. The number of ether oxygens (including phenoxy) is 1. The minimum atomic E-state index is -1.21. The van der Waals surface area contributed by atoms with Crippen molar-refractivity contribution in [2.45, 2.75) is 44.9 Å². The Labute approximate surface area is 164 Å². The number of carbonyl (C=O) groups is 3. The number of benzene rings is 2. The van der Waals surface area contributed by atoms with E-state index in [1.165, 1.54) is 0 Å². The molecule has 0 heterocycles. The summed E-state index contributed by atoms with van der Waals surface area (Å²) in [6.45, 7) is 3.24. The lowest BCUT2D eigenvalue weighted by molar-refractivity contribution is -0.153. The van der Waals surface area contributed by atoms with E-state index < -0.39 is 23.5 Å². The second kappa shape index (κ2) is 9.80. The van der Waals surface area contributed by atoms with E-state index in [0.717, 1.165) is 5.56 Å². The molecule has 1 unspecified atom stereocenters. The first-order valence-electron chi connectivity index (χ1n) is 9.09. The second-order valence-electron chi connectivity index (χ2n) is 7.05. The van der Waals surface area contributed by atoms with Crippen molar-refractivity contribution < 1.29 is 24.2 Å². The number of Topliss-reactive ketones (excluding diaryl/α,β-unsaturated/α-hetero) is 1. The van der Waals surface area contributed by atoms with Crippen LogP contribution in [0.2, 0.25) is 0 Å². The van der Waals surface area contributed by atoms with E-state index >= 15 is 0 Å². The van der Waals surface area contributed by atoms with Crippen LogP contribution >= 0.6 is 0 Å². The van der Waals surface area contributed by atoms with Crippen LogP contribution in [0.1, 0.15) is 42.6 Å². The fourth-order valence-electron chi connectivity index (χ4n) is 2.70. The fraction of sp³-hybridized carbons (Fsp3) is 0.318. The van der Waals surface area contributed by atoms with Gasteiger partial charge in [0.2, 0.25) is 0 Å². The van der Waals surface area contributed by atoms with Crippen molar-refractivity contribution in [3.05, 3.63) is 71.8 Å². The SMILES string of the molecule is CC(C)(NC(CCC(=O)c1ccccc1)C(=O)O)C(=O)OCc1ccccc1. The Bertz CT molecular complexity index is 802. The molecule has 0 aliphatic carbocycles. The average molecular weight is 383 g/mol. The van der Waals surface area contributed by atoms with Gasteiger partial charge in [-0.2, -0.15) is 0 Å². The molecule has 148 valence electrons. The van der Waals surface area contributed by atoms with Crippen molar-refractivity contribution >= 4 is 17.7 Å². The van der Waals surface area contributed by atoms with Crippen LogP contribution in [-0.4, -0.2) is 34.4 Å². The van der Waals surface area contributed by atoms with Crippen LogP contribution in [0.4, 0.5) is 0 Å². The Hall–Kier alpha value is -2.99. The highest BCUT2D eigenvalue weighted by atomic mass is 16.5. The predicted molar refractivity (Wildman–Crippen MR) is 105 cm³/mol. The fourth-order valence-corrected chi connectivity index (χ4v) is 2.70. The number of nitrogens with one attached hydrogen (secondary N) is 1. The van der Waals surface area contributed by atoms with E-state index in [-0.39, 0.29) is 25.2 Å². The number of carboxylic acid groups (broad SMARTS) is 1. The quantitative estimate of drug-likeness (QED) is 0.483. The zero-order chi connectivity index (χ0) is 20.6. The van der Waals surface area contributed by atoms with Crippen LogP contribution in [-0.2, 0) is 20.9 Å². The maximum Gasteiger partial charge on any atom is 0.326 e. The van der Waals surface area contributed by atoms with Crippen LogP contribution in [0.5, 0.6) is 0 Å². The molecular formula is C22H25NO5. The largest absolute Gasteiger partial charge is 0.480 e. The summed E-state index contributed by atoms with van der Waals surface area (Å²) in [6.07, 6.45) is 0.127. The molecule has 0 amide bonds. The van der Waals surface area contributed by atoms with Gasteiger partial charge in [0.25, 0.3) is 0 Å². The van der Waals surface area contributed by atoms with E-state index in [1.54, 1.807) is 38.1 Å². The molecule has 0 fully saturated rings. The minimum absolute atomic E-state index is 0.0587. The molecule has 0 bridgehead atoms. The lowest BCUT2D eigenvalue weighted by Crippen LogP contribution is -2.54. The summed E-state index contributed by atoms with van der Waals surface area (Å²) in [4.78, 5) is 36.2. The minimum Gasteiger partial charge on any atom is -0.480 e. The Morgan fingerprint density at radius 2 is 1.57 bits per heavy atom. The second-order valence-corrected chi connectivity index (χ2v) is 7.05. The highest BCUT2D eigenvalue weighted by Crippen LogP contribution is 2.13. The predicted octanol–water partition coefficient (Wildman–Crippen LogP) is 3.21. The maximum absolute atomic E-state index is 12.4. The first kappa shape index (κ1) is 21.3. The van der Waals surface area contributed by atoms with Crippen LogP contribution < -0.4 is 5.32 Å². The van der Waals surface area contributed by atoms with Crippen LogP contribution in [0.15, 0.2) is 60.7 Å². The third-order valence-electron chi connectivity index (χ3n) is 4.31. The van der Waals surface area contributed by atoms with Crippen molar-refractivity contribution in [1.29, 1.82) is 0 Å². The zero-order valence-corrected chi connectivity index (χ0v) is 16.1. The van der Waals surface area contributed by atoms with Crippen molar-refractivity contribution in [1.82, 2.24) is 5.32 Å². The van der Waals surface area contributed by atoms with Crippen LogP contribution in [0.25, 0.3) is 0 Å². The molecule has 2 aromatic rings. The molecule has 0 saturated heterocycles. The molecule has 0 spiro atoms. The average Bonchev–Trinajstić information content (AvgIpc) is 2.70.